The predicted octanol–water partition coefficient (Wildman–Crippen LogP) is 3.33. The summed E-state index contributed by atoms with van der Waals surface area (Å²) in [5, 5.41) is 2.88. The van der Waals surface area contributed by atoms with Crippen LogP contribution in [-0.4, -0.2) is 24.0 Å². The average molecular weight is 322 g/mol. The zero-order valence-electron chi connectivity index (χ0n) is 11.5. The van der Waals surface area contributed by atoms with Crippen LogP contribution in [-0.2, 0) is 6.54 Å². The molecule has 1 aliphatic rings. The second-order valence-corrected chi connectivity index (χ2v) is 6.72. The first-order chi connectivity index (χ1) is 10.2. The summed E-state index contributed by atoms with van der Waals surface area (Å²) in [6.45, 7) is 2.64. The lowest BCUT2D eigenvalue weighted by atomic mass is 10.2. The van der Waals surface area contributed by atoms with Gasteiger partial charge in [0, 0.05) is 25.8 Å². The van der Waals surface area contributed by atoms with Crippen molar-refractivity contribution in [2.24, 2.45) is 0 Å². The first-order valence-electron chi connectivity index (χ1n) is 6.96. The molecule has 4 nitrogen and oxygen atoms in total. The van der Waals surface area contributed by atoms with Crippen LogP contribution in [0.3, 0.4) is 0 Å². The van der Waals surface area contributed by atoms with Gasteiger partial charge in [-0.15, -0.1) is 11.3 Å². The van der Waals surface area contributed by atoms with Gasteiger partial charge in [-0.2, -0.15) is 0 Å². The van der Waals surface area contributed by atoms with Gasteiger partial charge in [0.25, 0.3) is 5.91 Å². The van der Waals surface area contributed by atoms with Crippen LogP contribution in [0.15, 0.2) is 30.5 Å². The summed E-state index contributed by atoms with van der Waals surface area (Å²) < 4.78 is 0.622. The van der Waals surface area contributed by atoms with E-state index in [1.807, 2.05) is 18.3 Å². The van der Waals surface area contributed by atoms with Crippen LogP contribution < -0.4 is 10.2 Å². The lowest BCUT2D eigenvalue weighted by molar-refractivity contribution is 0.0955. The second kappa shape index (κ2) is 6.45. The summed E-state index contributed by atoms with van der Waals surface area (Å²) in [4.78, 5) is 19.3. The molecule has 1 amide bonds. The average Bonchev–Trinajstić information content (AvgIpc) is 3.16. The third-order valence-corrected chi connectivity index (χ3v) is 4.72. The van der Waals surface area contributed by atoms with E-state index in [-0.39, 0.29) is 5.91 Å². The van der Waals surface area contributed by atoms with Gasteiger partial charge < -0.3 is 10.2 Å². The molecule has 0 unspecified atom stereocenters. The molecule has 0 aliphatic carbocycles. The number of halogens is 1. The summed E-state index contributed by atoms with van der Waals surface area (Å²) in [6, 6.07) is 7.50. The van der Waals surface area contributed by atoms with Crippen LogP contribution in [0.2, 0.25) is 4.34 Å². The zero-order chi connectivity index (χ0) is 14.7. The molecule has 0 saturated carbocycles. The van der Waals surface area contributed by atoms with E-state index >= 15 is 0 Å². The molecule has 2 aromatic heterocycles. The minimum absolute atomic E-state index is 0.101. The number of anilines is 1. The molecule has 0 radical (unpaired) electrons. The molecule has 3 heterocycles. The first kappa shape index (κ1) is 14.4. The summed E-state index contributed by atoms with van der Waals surface area (Å²) in [5.74, 6) is 0.920. The van der Waals surface area contributed by atoms with Gasteiger partial charge >= 0.3 is 0 Å². The Kier molecular flexibility index (Phi) is 4.41. The molecular weight excluding hydrogens is 306 g/mol. The minimum atomic E-state index is -0.101. The van der Waals surface area contributed by atoms with Crippen molar-refractivity contribution in [2.45, 2.75) is 19.4 Å². The van der Waals surface area contributed by atoms with Crippen LogP contribution in [0, 0.1) is 0 Å². The van der Waals surface area contributed by atoms with Crippen molar-refractivity contribution >= 4 is 34.7 Å². The number of hydrogen-bond acceptors (Lipinski definition) is 4. The van der Waals surface area contributed by atoms with Crippen LogP contribution in [0.1, 0.15) is 28.1 Å². The van der Waals surface area contributed by atoms with Crippen molar-refractivity contribution in [1.29, 1.82) is 0 Å². The van der Waals surface area contributed by atoms with E-state index in [9.17, 15) is 4.79 Å². The number of pyridine rings is 1. The standard InChI is InChI=1S/C15H16ClN3OS/c16-13-5-4-12(21-13)15(20)18-10-11-3-6-14(17-9-11)19-7-1-2-8-19/h3-6,9H,1-2,7-8,10H2,(H,18,20). The van der Waals surface area contributed by atoms with Gasteiger partial charge in [0.05, 0.1) is 9.21 Å². The van der Waals surface area contributed by atoms with Crippen molar-refractivity contribution in [3.05, 3.63) is 45.2 Å². The maximum Gasteiger partial charge on any atom is 0.261 e. The molecule has 21 heavy (non-hydrogen) atoms. The lowest BCUT2D eigenvalue weighted by Gasteiger charge is -2.16. The highest BCUT2D eigenvalue weighted by Crippen LogP contribution is 2.21. The number of aromatic nitrogens is 1. The van der Waals surface area contributed by atoms with Gasteiger partial charge in [-0.05, 0) is 36.6 Å². The number of thiophene rings is 1. The Balaban J connectivity index is 1.56. The smallest absolute Gasteiger partial charge is 0.261 e. The lowest BCUT2D eigenvalue weighted by Crippen LogP contribution is -2.22. The Hall–Kier alpha value is -1.59. The number of amides is 1. The Morgan fingerprint density at radius 1 is 1.29 bits per heavy atom. The monoisotopic (exact) mass is 321 g/mol. The summed E-state index contributed by atoms with van der Waals surface area (Å²) >= 11 is 7.11. The van der Waals surface area contributed by atoms with Crippen molar-refractivity contribution in [2.75, 3.05) is 18.0 Å². The fourth-order valence-electron chi connectivity index (χ4n) is 2.36. The first-order valence-corrected chi connectivity index (χ1v) is 8.15. The van der Waals surface area contributed by atoms with Crippen LogP contribution >= 0.6 is 22.9 Å². The quantitative estimate of drug-likeness (QED) is 0.939. The Morgan fingerprint density at radius 3 is 2.71 bits per heavy atom. The SMILES string of the molecule is O=C(NCc1ccc(N2CCCC2)nc1)c1ccc(Cl)s1. The molecule has 0 bridgehead atoms. The van der Waals surface area contributed by atoms with Crippen LogP contribution in [0.4, 0.5) is 5.82 Å². The molecular formula is C15H16ClN3OS. The maximum absolute atomic E-state index is 11.9. The number of carbonyl (C=O) groups excluding carboxylic acids is 1. The van der Waals surface area contributed by atoms with E-state index in [2.05, 4.69) is 15.2 Å². The van der Waals surface area contributed by atoms with E-state index in [1.165, 1.54) is 24.2 Å². The number of hydrogen-bond donors (Lipinski definition) is 1. The Labute approximate surface area is 132 Å². The van der Waals surface area contributed by atoms with Crippen molar-refractivity contribution in [3.8, 4) is 0 Å². The fraction of sp³-hybridized carbons (Fsp3) is 0.333. The largest absolute Gasteiger partial charge is 0.357 e. The van der Waals surface area contributed by atoms with Gasteiger partial charge in [0.2, 0.25) is 0 Å². The van der Waals surface area contributed by atoms with Gasteiger partial charge in [-0.3, -0.25) is 4.79 Å². The maximum atomic E-state index is 11.9. The molecule has 6 heteroatoms. The topological polar surface area (TPSA) is 45.2 Å². The summed E-state index contributed by atoms with van der Waals surface area (Å²) in [6.07, 6.45) is 4.31. The molecule has 0 spiro atoms. The molecule has 1 saturated heterocycles. The van der Waals surface area contributed by atoms with E-state index < -0.39 is 0 Å². The number of rotatable bonds is 4. The van der Waals surface area contributed by atoms with Crippen LogP contribution in [0.25, 0.3) is 0 Å². The van der Waals surface area contributed by atoms with E-state index in [0.717, 1.165) is 24.5 Å². The third kappa shape index (κ3) is 3.54. The van der Waals surface area contributed by atoms with Crippen molar-refractivity contribution in [3.63, 3.8) is 0 Å². The van der Waals surface area contributed by atoms with E-state index in [4.69, 9.17) is 11.6 Å². The van der Waals surface area contributed by atoms with Gasteiger partial charge in [-0.1, -0.05) is 17.7 Å². The molecule has 0 atom stereocenters. The van der Waals surface area contributed by atoms with E-state index in [0.29, 0.717) is 15.8 Å². The van der Waals surface area contributed by atoms with Gasteiger partial charge in [0.1, 0.15) is 5.82 Å². The highest BCUT2D eigenvalue weighted by molar-refractivity contribution is 7.17. The van der Waals surface area contributed by atoms with E-state index in [1.54, 1.807) is 12.1 Å². The predicted molar refractivity (Wildman–Crippen MR) is 86.2 cm³/mol. The molecule has 1 N–H and O–H groups in total. The zero-order valence-corrected chi connectivity index (χ0v) is 13.1. The highest BCUT2D eigenvalue weighted by atomic mass is 35.5. The molecule has 1 aliphatic heterocycles. The van der Waals surface area contributed by atoms with Crippen molar-refractivity contribution < 1.29 is 4.79 Å². The molecule has 1 fully saturated rings. The van der Waals surface area contributed by atoms with Crippen LogP contribution in [0.5, 0.6) is 0 Å². The molecule has 3 rings (SSSR count). The normalized spacial score (nSPS) is 14.4. The number of carbonyl (C=O) groups is 1. The second-order valence-electron chi connectivity index (χ2n) is 5.01. The molecule has 2 aromatic rings. The third-order valence-electron chi connectivity index (χ3n) is 3.49. The minimum Gasteiger partial charge on any atom is -0.357 e. The summed E-state index contributed by atoms with van der Waals surface area (Å²) in [7, 11) is 0. The van der Waals surface area contributed by atoms with Gasteiger partial charge in [-0.25, -0.2) is 4.98 Å². The number of nitrogens with one attached hydrogen (secondary N) is 1. The molecule has 110 valence electrons. The fourth-order valence-corrected chi connectivity index (χ4v) is 3.32. The molecule has 0 aromatic carbocycles. The van der Waals surface area contributed by atoms with Gasteiger partial charge in [0.15, 0.2) is 0 Å². The summed E-state index contributed by atoms with van der Waals surface area (Å²) in [5.41, 5.74) is 0.994. The Bertz CT molecular complexity index is 620. The highest BCUT2D eigenvalue weighted by Gasteiger charge is 2.13. The van der Waals surface area contributed by atoms with Crippen molar-refractivity contribution in [1.82, 2.24) is 10.3 Å². The number of nitrogens with zero attached hydrogens (tertiary/aromatic N) is 2. The Morgan fingerprint density at radius 2 is 2.10 bits per heavy atom.